The molecule has 0 amide bonds. The van der Waals surface area contributed by atoms with Crippen LogP contribution in [0.2, 0.25) is 0 Å². The highest BCUT2D eigenvalue weighted by atomic mass is 16.5. The highest BCUT2D eigenvalue weighted by Crippen LogP contribution is 2.20. The van der Waals surface area contributed by atoms with Crippen LogP contribution in [0.5, 0.6) is 5.75 Å². The van der Waals surface area contributed by atoms with Crippen LogP contribution in [-0.4, -0.2) is 16.2 Å². The molecule has 1 aromatic heterocycles. The Morgan fingerprint density at radius 3 is 2.44 bits per heavy atom. The third kappa shape index (κ3) is 3.95. The van der Waals surface area contributed by atoms with Crippen molar-refractivity contribution >= 4 is 16.7 Å². The molecule has 0 unspecified atom stereocenters. The van der Waals surface area contributed by atoms with Gasteiger partial charge in [-0.1, -0.05) is 42.0 Å². The number of hydrogen-bond donors (Lipinski definition) is 1. The summed E-state index contributed by atoms with van der Waals surface area (Å²) in [7, 11) is 0. The monoisotopic (exact) mass is 357 g/mol. The molecule has 0 saturated carbocycles. The third-order valence-electron chi connectivity index (χ3n) is 4.68. The average molecular weight is 357 g/mol. The molecule has 0 saturated heterocycles. The van der Waals surface area contributed by atoms with E-state index >= 15 is 0 Å². The van der Waals surface area contributed by atoms with Gasteiger partial charge in [-0.05, 0) is 48.9 Å². The van der Waals surface area contributed by atoms with Gasteiger partial charge in [0.1, 0.15) is 18.2 Å². The lowest BCUT2D eigenvalue weighted by molar-refractivity contribution is 0.298. The minimum atomic E-state index is 0.595. The molecule has 0 spiro atoms. The summed E-state index contributed by atoms with van der Waals surface area (Å²) in [6.45, 7) is 3.42. The van der Waals surface area contributed by atoms with Gasteiger partial charge >= 0.3 is 0 Å². The summed E-state index contributed by atoms with van der Waals surface area (Å²) in [5.41, 5.74) is 11.2. The molecule has 0 radical (unpaired) electrons. The number of ether oxygens (including phenoxy) is 1. The van der Waals surface area contributed by atoms with Gasteiger partial charge in [0.2, 0.25) is 0 Å². The van der Waals surface area contributed by atoms with Crippen LogP contribution in [0.3, 0.4) is 0 Å². The van der Waals surface area contributed by atoms with Crippen LogP contribution in [0, 0.1) is 6.92 Å². The Kier molecular flexibility index (Phi) is 4.79. The SMILES string of the molecule is Cc1ccc(OCCn2c(Cc3ccc(N)cc3)nc3ccccc32)cc1. The highest BCUT2D eigenvalue weighted by molar-refractivity contribution is 5.76. The molecule has 4 heteroatoms. The quantitative estimate of drug-likeness (QED) is 0.513. The van der Waals surface area contributed by atoms with Crippen molar-refractivity contribution in [3.05, 3.63) is 89.7 Å². The molecule has 4 rings (SSSR count). The van der Waals surface area contributed by atoms with Crippen LogP contribution in [-0.2, 0) is 13.0 Å². The Hall–Kier alpha value is -3.27. The number of para-hydroxylation sites is 2. The largest absolute Gasteiger partial charge is 0.492 e. The lowest BCUT2D eigenvalue weighted by atomic mass is 10.1. The van der Waals surface area contributed by atoms with E-state index in [1.165, 1.54) is 11.1 Å². The second-order valence-corrected chi connectivity index (χ2v) is 6.75. The molecular weight excluding hydrogens is 334 g/mol. The van der Waals surface area contributed by atoms with E-state index in [2.05, 4.69) is 47.9 Å². The van der Waals surface area contributed by atoms with Gasteiger partial charge in [0.05, 0.1) is 17.6 Å². The summed E-state index contributed by atoms with van der Waals surface area (Å²) >= 11 is 0. The Morgan fingerprint density at radius 2 is 1.67 bits per heavy atom. The zero-order chi connectivity index (χ0) is 18.6. The zero-order valence-electron chi connectivity index (χ0n) is 15.4. The molecule has 3 aromatic carbocycles. The number of aromatic nitrogens is 2. The molecule has 1 heterocycles. The van der Waals surface area contributed by atoms with Crippen molar-refractivity contribution in [2.75, 3.05) is 12.3 Å². The summed E-state index contributed by atoms with van der Waals surface area (Å²) in [6, 6.07) is 24.4. The summed E-state index contributed by atoms with van der Waals surface area (Å²) in [6.07, 6.45) is 0.763. The lowest BCUT2D eigenvalue weighted by Gasteiger charge is -2.11. The van der Waals surface area contributed by atoms with Gasteiger partial charge in [-0.15, -0.1) is 0 Å². The van der Waals surface area contributed by atoms with Crippen molar-refractivity contribution in [3.8, 4) is 5.75 Å². The fraction of sp³-hybridized carbons (Fsp3) is 0.174. The Balaban J connectivity index is 1.56. The van der Waals surface area contributed by atoms with Crippen LogP contribution >= 0.6 is 0 Å². The van der Waals surface area contributed by atoms with Crippen molar-refractivity contribution in [2.24, 2.45) is 0 Å². The molecule has 0 bridgehead atoms. The molecule has 136 valence electrons. The molecule has 0 aliphatic rings. The number of anilines is 1. The molecule has 0 atom stereocenters. The van der Waals surface area contributed by atoms with E-state index in [4.69, 9.17) is 15.5 Å². The number of rotatable bonds is 6. The van der Waals surface area contributed by atoms with E-state index in [1.807, 2.05) is 36.4 Å². The average Bonchev–Trinajstić information content (AvgIpc) is 3.02. The van der Waals surface area contributed by atoms with Crippen LogP contribution in [0.4, 0.5) is 5.69 Å². The van der Waals surface area contributed by atoms with E-state index < -0.39 is 0 Å². The van der Waals surface area contributed by atoms with Crippen LogP contribution in [0.25, 0.3) is 11.0 Å². The van der Waals surface area contributed by atoms with E-state index in [9.17, 15) is 0 Å². The summed E-state index contributed by atoms with van der Waals surface area (Å²) < 4.78 is 8.19. The first-order chi connectivity index (χ1) is 13.2. The number of aryl methyl sites for hydroxylation is 1. The maximum Gasteiger partial charge on any atom is 0.119 e. The minimum Gasteiger partial charge on any atom is -0.492 e. The van der Waals surface area contributed by atoms with Crippen LogP contribution in [0.1, 0.15) is 17.0 Å². The maximum absolute atomic E-state index is 5.94. The standard InChI is InChI=1S/C23H23N3O/c1-17-6-12-20(13-7-17)27-15-14-26-22-5-3-2-4-21(22)25-23(26)16-18-8-10-19(24)11-9-18/h2-13H,14-16,24H2,1H3. The number of nitrogens with zero attached hydrogens (tertiary/aromatic N) is 2. The number of nitrogen functional groups attached to an aromatic ring is 1. The molecule has 2 N–H and O–H groups in total. The Morgan fingerprint density at radius 1 is 0.926 bits per heavy atom. The Labute approximate surface area is 159 Å². The van der Waals surface area contributed by atoms with Gasteiger partial charge in [0, 0.05) is 12.1 Å². The van der Waals surface area contributed by atoms with Crippen molar-refractivity contribution in [1.29, 1.82) is 0 Å². The molecular formula is C23H23N3O. The van der Waals surface area contributed by atoms with Crippen LogP contribution < -0.4 is 10.5 Å². The first-order valence-electron chi connectivity index (χ1n) is 9.17. The van der Waals surface area contributed by atoms with Gasteiger partial charge in [-0.3, -0.25) is 0 Å². The molecule has 0 aliphatic carbocycles. The van der Waals surface area contributed by atoms with Gasteiger partial charge in [0.15, 0.2) is 0 Å². The first-order valence-corrected chi connectivity index (χ1v) is 9.17. The summed E-state index contributed by atoms with van der Waals surface area (Å²) in [5, 5.41) is 0. The number of benzene rings is 3. The van der Waals surface area contributed by atoms with Gasteiger partial charge < -0.3 is 15.0 Å². The fourth-order valence-corrected chi connectivity index (χ4v) is 3.22. The normalized spacial score (nSPS) is 11.0. The highest BCUT2D eigenvalue weighted by Gasteiger charge is 2.11. The first kappa shape index (κ1) is 17.2. The molecule has 4 nitrogen and oxygen atoms in total. The smallest absolute Gasteiger partial charge is 0.119 e. The van der Waals surface area contributed by atoms with Crippen LogP contribution in [0.15, 0.2) is 72.8 Å². The predicted octanol–water partition coefficient (Wildman–Crippen LogP) is 4.60. The maximum atomic E-state index is 5.94. The molecule has 27 heavy (non-hydrogen) atoms. The number of imidazole rings is 1. The predicted molar refractivity (Wildman–Crippen MR) is 110 cm³/mol. The number of nitrogens with two attached hydrogens (primary N) is 1. The van der Waals surface area contributed by atoms with Crippen molar-refractivity contribution in [2.45, 2.75) is 19.9 Å². The topological polar surface area (TPSA) is 53.1 Å². The number of hydrogen-bond acceptors (Lipinski definition) is 3. The van der Waals surface area contributed by atoms with Crippen molar-refractivity contribution < 1.29 is 4.74 Å². The van der Waals surface area contributed by atoms with Gasteiger partial charge in [-0.25, -0.2) is 4.98 Å². The van der Waals surface area contributed by atoms with E-state index in [0.717, 1.165) is 41.3 Å². The van der Waals surface area contributed by atoms with E-state index in [-0.39, 0.29) is 0 Å². The minimum absolute atomic E-state index is 0.595. The summed E-state index contributed by atoms with van der Waals surface area (Å²) in [5.74, 6) is 1.93. The Bertz CT molecular complexity index is 1030. The molecule has 0 aliphatic heterocycles. The second kappa shape index (κ2) is 7.54. The van der Waals surface area contributed by atoms with Gasteiger partial charge in [0.25, 0.3) is 0 Å². The van der Waals surface area contributed by atoms with Crippen molar-refractivity contribution in [1.82, 2.24) is 9.55 Å². The third-order valence-corrected chi connectivity index (χ3v) is 4.68. The van der Waals surface area contributed by atoms with Crippen molar-refractivity contribution in [3.63, 3.8) is 0 Å². The van der Waals surface area contributed by atoms with E-state index in [1.54, 1.807) is 0 Å². The lowest BCUT2D eigenvalue weighted by Crippen LogP contribution is -2.11. The van der Waals surface area contributed by atoms with Gasteiger partial charge in [-0.2, -0.15) is 0 Å². The molecule has 4 aromatic rings. The zero-order valence-corrected chi connectivity index (χ0v) is 15.4. The summed E-state index contributed by atoms with van der Waals surface area (Å²) in [4.78, 5) is 4.84. The number of fused-ring (bicyclic) bond motifs is 1. The fourth-order valence-electron chi connectivity index (χ4n) is 3.22. The molecule has 0 fully saturated rings. The second-order valence-electron chi connectivity index (χ2n) is 6.75. The van der Waals surface area contributed by atoms with E-state index in [0.29, 0.717) is 6.61 Å².